The Labute approximate surface area is 209 Å². The van der Waals surface area contributed by atoms with Crippen molar-refractivity contribution in [3.8, 4) is 11.4 Å². The normalized spacial score (nSPS) is 15.2. The van der Waals surface area contributed by atoms with E-state index in [-0.39, 0.29) is 23.8 Å². The van der Waals surface area contributed by atoms with Crippen LogP contribution < -0.4 is 15.7 Å². The van der Waals surface area contributed by atoms with Crippen molar-refractivity contribution >= 4 is 29.2 Å². The highest BCUT2D eigenvalue weighted by Gasteiger charge is 2.33. The Kier molecular flexibility index (Phi) is 6.95. The smallest absolute Gasteiger partial charge is 0.422 e. The summed E-state index contributed by atoms with van der Waals surface area (Å²) in [5.74, 6) is -6.85. The number of fused-ring (bicyclic) bond motifs is 1. The van der Waals surface area contributed by atoms with E-state index in [0.717, 1.165) is 10.6 Å². The predicted molar refractivity (Wildman–Crippen MR) is 118 cm³/mol. The number of rotatable bonds is 6. The van der Waals surface area contributed by atoms with Gasteiger partial charge in [-0.05, 0) is 31.0 Å². The van der Waals surface area contributed by atoms with Crippen LogP contribution in [0.25, 0.3) is 5.69 Å². The summed E-state index contributed by atoms with van der Waals surface area (Å²) in [6.45, 7) is -1.78. The molecule has 1 amide bonds. The van der Waals surface area contributed by atoms with Gasteiger partial charge in [-0.3, -0.25) is 14.2 Å². The fraction of sp³-hybridized carbons (Fsp3) is 0.273. The third-order valence-corrected chi connectivity index (χ3v) is 5.80. The molecule has 1 aromatic heterocycles. The Morgan fingerprint density at radius 2 is 1.95 bits per heavy atom. The quantitative estimate of drug-likeness (QED) is 0.450. The second-order valence-corrected chi connectivity index (χ2v) is 8.40. The maximum Gasteiger partial charge on any atom is 0.422 e. The lowest BCUT2D eigenvalue weighted by Gasteiger charge is -2.17. The number of alkyl halides is 3. The van der Waals surface area contributed by atoms with Crippen molar-refractivity contribution in [1.29, 1.82) is 0 Å². The van der Waals surface area contributed by atoms with Crippen molar-refractivity contribution in [1.82, 2.24) is 14.3 Å². The molecule has 1 unspecified atom stereocenters. The fourth-order valence-corrected chi connectivity index (χ4v) is 4.02. The number of carbonyl (C=O) groups is 2. The van der Waals surface area contributed by atoms with Crippen molar-refractivity contribution in [2.24, 2.45) is 0 Å². The van der Waals surface area contributed by atoms with Gasteiger partial charge >= 0.3 is 17.8 Å². The minimum Gasteiger partial charge on any atom is -0.483 e. The minimum absolute atomic E-state index is 0.0981. The Hall–Kier alpha value is -3.94. The summed E-state index contributed by atoms with van der Waals surface area (Å²) >= 11 is 5.86. The Bertz CT molecular complexity index is 1430. The SMILES string of the molecule is O=C(Nc1c(F)cccc1Cl)c1cc(F)c(-n2nc3n(c2=O)CCCC3C(=O)O)cc1OCC(F)(F)F. The molecule has 0 aliphatic carbocycles. The first-order valence-electron chi connectivity index (χ1n) is 10.6. The highest BCUT2D eigenvalue weighted by atomic mass is 35.5. The lowest BCUT2D eigenvalue weighted by molar-refractivity contribution is -0.153. The zero-order valence-corrected chi connectivity index (χ0v) is 19.2. The molecule has 2 aromatic carbocycles. The van der Waals surface area contributed by atoms with Crippen LogP contribution in [-0.2, 0) is 11.3 Å². The lowest BCUT2D eigenvalue weighted by Crippen LogP contribution is -2.29. The average molecular weight is 547 g/mol. The van der Waals surface area contributed by atoms with E-state index in [0.29, 0.717) is 23.2 Å². The van der Waals surface area contributed by atoms with Crippen molar-refractivity contribution in [2.45, 2.75) is 31.5 Å². The van der Waals surface area contributed by atoms with E-state index in [9.17, 15) is 37.1 Å². The molecular weight excluding hydrogens is 531 g/mol. The monoisotopic (exact) mass is 546 g/mol. The van der Waals surface area contributed by atoms with Gasteiger partial charge in [0.2, 0.25) is 0 Å². The van der Waals surface area contributed by atoms with Gasteiger partial charge in [0.1, 0.15) is 34.8 Å². The molecule has 0 bridgehead atoms. The molecule has 1 aliphatic rings. The summed E-state index contributed by atoms with van der Waals surface area (Å²) in [6.07, 6.45) is -4.35. The van der Waals surface area contributed by atoms with Gasteiger partial charge in [-0.15, -0.1) is 5.10 Å². The van der Waals surface area contributed by atoms with Crippen LogP contribution in [0.1, 0.15) is 34.9 Å². The van der Waals surface area contributed by atoms with Crippen LogP contribution in [0.5, 0.6) is 5.75 Å². The highest BCUT2D eigenvalue weighted by molar-refractivity contribution is 6.34. The highest BCUT2D eigenvalue weighted by Crippen LogP contribution is 2.31. The third kappa shape index (κ3) is 5.28. The number of nitrogens with zero attached hydrogens (tertiary/aromatic N) is 3. The first-order chi connectivity index (χ1) is 17.4. The Balaban J connectivity index is 1.80. The van der Waals surface area contributed by atoms with Crippen molar-refractivity contribution < 1.29 is 41.4 Å². The molecule has 0 saturated carbocycles. The molecule has 1 atom stereocenters. The number of halogens is 6. The van der Waals surface area contributed by atoms with E-state index in [1.54, 1.807) is 0 Å². The number of carbonyl (C=O) groups excluding carboxylic acids is 1. The van der Waals surface area contributed by atoms with Crippen LogP contribution >= 0.6 is 11.6 Å². The largest absolute Gasteiger partial charge is 0.483 e. The summed E-state index contributed by atoms with van der Waals surface area (Å²) in [5, 5.41) is 15.1. The van der Waals surface area contributed by atoms with E-state index in [1.165, 1.54) is 12.1 Å². The summed E-state index contributed by atoms with van der Waals surface area (Å²) in [4.78, 5) is 37.2. The number of carboxylic acids is 1. The summed E-state index contributed by atoms with van der Waals surface area (Å²) in [7, 11) is 0. The van der Waals surface area contributed by atoms with Crippen LogP contribution in [0.4, 0.5) is 27.6 Å². The standard InChI is InChI=1S/C22H16ClF5N4O5/c23-12-4-1-5-13(24)17(12)29-19(33)11-7-14(25)15(8-16(11)37-9-22(26,27)28)32-21(36)31-6-2-3-10(20(34)35)18(31)30-32/h1,4-5,7-8,10H,2-3,6,9H2,(H,29,33)(H,34,35). The van der Waals surface area contributed by atoms with E-state index >= 15 is 4.39 Å². The van der Waals surface area contributed by atoms with Gasteiger partial charge in [0.05, 0.1) is 16.3 Å². The molecule has 196 valence electrons. The van der Waals surface area contributed by atoms with Gasteiger partial charge in [0, 0.05) is 12.6 Å². The number of carboxylic acid groups (broad SMARTS) is 1. The average Bonchev–Trinajstić information content (AvgIpc) is 3.16. The van der Waals surface area contributed by atoms with E-state index in [1.807, 2.05) is 0 Å². The molecule has 15 heteroatoms. The van der Waals surface area contributed by atoms with Gasteiger partial charge in [-0.25, -0.2) is 13.6 Å². The number of nitrogens with one attached hydrogen (secondary N) is 1. The molecule has 9 nitrogen and oxygen atoms in total. The number of amides is 1. The number of ether oxygens (including phenoxy) is 1. The molecule has 3 aromatic rings. The molecule has 0 fully saturated rings. The van der Waals surface area contributed by atoms with Crippen LogP contribution in [0.2, 0.25) is 5.02 Å². The maximum atomic E-state index is 15.2. The minimum atomic E-state index is -4.85. The number of aliphatic carboxylic acids is 1. The number of hydrogen-bond acceptors (Lipinski definition) is 5. The van der Waals surface area contributed by atoms with Crippen molar-refractivity contribution in [2.75, 3.05) is 11.9 Å². The van der Waals surface area contributed by atoms with E-state index < -0.39 is 70.6 Å². The van der Waals surface area contributed by atoms with Crippen LogP contribution in [-0.4, -0.2) is 44.1 Å². The maximum absolute atomic E-state index is 15.2. The molecule has 4 rings (SSSR count). The van der Waals surface area contributed by atoms with Gasteiger partial charge in [0.15, 0.2) is 6.61 Å². The van der Waals surface area contributed by atoms with E-state index in [2.05, 4.69) is 10.4 Å². The van der Waals surface area contributed by atoms with Crippen molar-refractivity contribution in [3.63, 3.8) is 0 Å². The predicted octanol–water partition coefficient (Wildman–Crippen LogP) is 4.12. The number of para-hydroxylation sites is 1. The second kappa shape index (κ2) is 9.84. The molecule has 0 saturated heterocycles. The molecule has 37 heavy (non-hydrogen) atoms. The van der Waals surface area contributed by atoms with Gasteiger partial charge in [0.25, 0.3) is 5.91 Å². The fourth-order valence-electron chi connectivity index (χ4n) is 3.81. The Morgan fingerprint density at radius 1 is 1.22 bits per heavy atom. The zero-order valence-electron chi connectivity index (χ0n) is 18.5. The van der Waals surface area contributed by atoms with E-state index in [4.69, 9.17) is 16.3 Å². The topological polar surface area (TPSA) is 115 Å². The van der Waals surface area contributed by atoms with Crippen molar-refractivity contribution in [3.05, 3.63) is 68.9 Å². The molecule has 2 heterocycles. The zero-order chi connectivity index (χ0) is 27.1. The third-order valence-electron chi connectivity index (χ3n) is 5.49. The molecule has 2 N–H and O–H groups in total. The lowest BCUT2D eigenvalue weighted by atomic mass is 9.99. The van der Waals surface area contributed by atoms with Crippen LogP contribution in [0.3, 0.4) is 0 Å². The number of aromatic nitrogens is 3. The van der Waals surface area contributed by atoms with Gasteiger partial charge in [-0.1, -0.05) is 17.7 Å². The summed E-state index contributed by atoms with van der Waals surface area (Å²) in [5.41, 5.74) is -2.88. The molecule has 0 radical (unpaired) electrons. The number of anilines is 1. The second-order valence-electron chi connectivity index (χ2n) is 7.99. The molecule has 1 aliphatic heterocycles. The number of benzene rings is 2. The molecule has 0 spiro atoms. The van der Waals surface area contributed by atoms with Crippen LogP contribution in [0.15, 0.2) is 35.1 Å². The van der Waals surface area contributed by atoms with Gasteiger partial charge < -0.3 is 15.2 Å². The van der Waals surface area contributed by atoms with Gasteiger partial charge in [-0.2, -0.15) is 17.9 Å². The summed E-state index contributed by atoms with van der Waals surface area (Å²) < 4.78 is 74.1. The summed E-state index contributed by atoms with van der Waals surface area (Å²) in [6, 6.07) is 4.59. The first-order valence-corrected chi connectivity index (χ1v) is 11.0. The Morgan fingerprint density at radius 3 is 2.59 bits per heavy atom. The van der Waals surface area contributed by atoms with Crippen LogP contribution in [0, 0.1) is 11.6 Å². The first kappa shape index (κ1) is 26.1. The molecular formula is C22H16ClF5N4O5. The number of hydrogen-bond donors (Lipinski definition) is 2.